The van der Waals surface area contributed by atoms with Gasteiger partial charge in [-0.1, -0.05) is 22.0 Å². The summed E-state index contributed by atoms with van der Waals surface area (Å²) in [6.45, 7) is 1.24. The highest BCUT2D eigenvalue weighted by atomic mass is 79.9. The number of furan rings is 1. The first-order valence-electron chi connectivity index (χ1n) is 7.46. The molecule has 3 aromatic heterocycles. The van der Waals surface area contributed by atoms with Gasteiger partial charge in [-0.2, -0.15) is 0 Å². The summed E-state index contributed by atoms with van der Waals surface area (Å²) >= 11 is 3.54. The minimum atomic E-state index is 0.597. The van der Waals surface area contributed by atoms with Crippen molar-refractivity contribution in [2.24, 2.45) is 0 Å². The Bertz CT molecular complexity index is 950. The summed E-state index contributed by atoms with van der Waals surface area (Å²) < 4.78 is 8.41. The van der Waals surface area contributed by atoms with Crippen LogP contribution in [0.3, 0.4) is 0 Å². The second kappa shape index (κ2) is 6.45. The molecule has 0 spiro atoms. The molecule has 0 unspecified atom stereocenters. The van der Waals surface area contributed by atoms with Crippen molar-refractivity contribution in [2.45, 2.75) is 13.1 Å². The van der Waals surface area contributed by atoms with E-state index in [1.165, 1.54) is 0 Å². The van der Waals surface area contributed by atoms with Gasteiger partial charge in [0.05, 0.1) is 19.4 Å². The van der Waals surface area contributed by atoms with Crippen LogP contribution in [-0.4, -0.2) is 19.6 Å². The van der Waals surface area contributed by atoms with E-state index in [2.05, 4.69) is 48.1 Å². The quantitative estimate of drug-likeness (QED) is 0.525. The van der Waals surface area contributed by atoms with E-state index >= 15 is 0 Å². The standard InChI is InChI=1S/C17H14BrN5O/c18-13-3-1-4-14(9-13)23(10-15-5-2-8-24-15)11-16-17-21-20-12-22(17)7-6-19-16/h1-9,12H,10-11H2. The van der Waals surface area contributed by atoms with Crippen molar-refractivity contribution in [2.75, 3.05) is 4.90 Å². The molecule has 1 aromatic carbocycles. The molecule has 0 aliphatic heterocycles. The fourth-order valence-corrected chi connectivity index (χ4v) is 2.99. The van der Waals surface area contributed by atoms with E-state index in [4.69, 9.17) is 4.42 Å². The molecule has 24 heavy (non-hydrogen) atoms. The molecular weight excluding hydrogens is 370 g/mol. The number of rotatable bonds is 5. The van der Waals surface area contributed by atoms with Gasteiger partial charge < -0.3 is 9.32 Å². The summed E-state index contributed by atoms with van der Waals surface area (Å²) in [7, 11) is 0. The molecule has 7 heteroatoms. The molecule has 4 rings (SSSR count). The van der Waals surface area contributed by atoms with Gasteiger partial charge in [0.15, 0.2) is 5.65 Å². The van der Waals surface area contributed by atoms with Gasteiger partial charge in [0.1, 0.15) is 17.8 Å². The zero-order valence-electron chi connectivity index (χ0n) is 12.7. The average molecular weight is 384 g/mol. The van der Waals surface area contributed by atoms with Crippen LogP contribution >= 0.6 is 15.9 Å². The molecule has 0 atom stereocenters. The normalized spacial score (nSPS) is 11.0. The third-order valence-corrected chi connectivity index (χ3v) is 4.22. The number of anilines is 1. The van der Waals surface area contributed by atoms with Gasteiger partial charge in [-0.25, -0.2) is 0 Å². The number of aromatic nitrogens is 4. The highest BCUT2D eigenvalue weighted by Gasteiger charge is 2.14. The van der Waals surface area contributed by atoms with Gasteiger partial charge in [-0.15, -0.1) is 10.2 Å². The Labute approximate surface area is 146 Å². The molecular formula is C17H14BrN5O. The third kappa shape index (κ3) is 3.03. The second-order valence-electron chi connectivity index (χ2n) is 5.35. The van der Waals surface area contributed by atoms with Crippen LogP contribution < -0.4 is 4.90 Å². The number of hydrogen-bond acceptors (Lipinski definition) is 5. The first-order chi connectivity index (χ1) is 11.8. The first-order valence-corrected chi connectivity index (χ1v) is 8.25. The number of hydrogen-bond donors (Lipinski definition) is 0. The molecule has 6 nitrogen and oxygen atoms in total. The van der Waals surface area contributed by atoms with Crippen molar-refractivity contribution in [3.8, 4) is 0 Å². The lowest BCUT2D eigenvalue weighted by Gasteiger charge is -2.23. The Morgan fingerprint density at radius 1 is 1.17 bits per heavy atom. The van der Waals surface area contributed by atoms with E-state index in [1.54, 1.807) is 18.8 Å². The van der Waals surface area contributed by atoms with Gasteiger partial charge in [0.25, 0.3) is 0 Å². The second-order valence-corrected chi connectivity index (χ2v) is 6.27. The maximum atomic E-state index is 5.52. The summed E-state index contributed by atoms with van der Waals surface area (Å²) in [6, 6.07) is 12.0. The molecule has 120 valence electrons. The van der Waals surface area contributed by atoms with Gasteiger partial charge in [-0.05, 0) is 30.3 Å². The van der Waals surface area contributed by atoms with Crippen molar-refractivity contribution in [1.29, 1.82) is 0 Å². The minimum absolute atomic E-state index is 0.597. The molecule has 0 saturated heterocycles. The van der Waals surface area contributed by atoms with E-state index < -0.39 is 0 Å². The van der Waals surface area contributed by atoms with Crippen molar-refractivity contribution < 1.29 is 4.42 Å². The van der Waals surface area contributed by atoms with Gasteiger partial charge in [-0.3, -0.25) is 9.38 Å². The lowest BCUT2D eigenvalue weighted by atomic mass is 10.2. The molecule has 0 saturated carbocycles. The van der Waals surface area contributed by atoms with E-state index in [9.17, 15) is 0 Å². The molecule has 0 radical (unpaired) electrons. The van der Waals surface area contributed by atoms with Crippen LogP contribution in [0.1, 0.15) is 11.5 Å². The molecule has 0 amide bonds. The zero-order chi connectivity index (χ0) is 16.4. The summed E-state index contributed by atoms with van der Waals surface area (Å²) in [5, 5.41) is 8.13. The molecule has 4 aromatic rings. The maximum absolute atomic E-state index is 5.52. The van der Waals surface area contributed by atoms with E-state index in [0.29, 0.717) is 13.1 Å². The van der Waals surface area contributed by atoms with E-state index in [0.717, 1.165) is 27.3 Å². The smallest absolute Gasteiger partial charge is 0.184 e. The fourth-order valence-electron chi connectivity index (χ4n) is 2.61. The van der Waals surface area contributed by atoms with Crippen molar-refractivity contribution in [3.63, 3.8) is 0 Å². The maximum Gasteiger partial charge on any atom is 0.184 e. The summed E-state index contributed by atoms with van der Waals surface area (Å²) in [6.07, 6.45) is 6.97. The highest BCUT2D eigenvalue weighted by Crippen LogP contribution is 2.24. The lowest BCUT2D eigenvalue weighted by molar-refractivity contribution is 0.501. The Hall–Kier alpha value is -2.67. The summed E-state index contributed by atoms with van der Waals surface area (Å²) in [4.78, 5) is 6.68. The fraction of sp³-hybridized carbons (Fsp3) is 0.118. The predicted molar refractivity (Wildman–Crippen MR) is 93.5 cm³/mol. The topological polar surface area (TPSA) is 59.5 Å². The SMILES string of the molecule is Brc1cccc(N(Cc2ccco2)Cc2nccn3cnnc23)c1. The Balaban J connectivity index is 1.71. The molecule has 0 aliphatic rings. The third-order valence-electron chi connectivity index (χ3n) is 3.73. The average Bonchev–Trinajstić information content (AvgIpc) is 3.26. The van der Waals surface area contributed by atoms with Crippen LogP contribution in [0, 0.1) is 0 Å². The van der Waals surface area contributed by atoms with E-state index in [1.807, 2.05) is 34.9 Å². The van der Waals surface area contributed by atoms with Crippen molar-refractivity contribution >= 4 is 27.3 Å². The van der Waals surface area contributed by atoms with Crippen molar-refractivity contribution in [3.05, 3.63) is 77.3 Å². The largest absolute Gasteiger partial charge is 0.467 e. The molecule has 0 aliphatic carbocycles. The van der Waals surface area contributed by atoms with Crippen molar-refractivity contribution in [1.82, 2.24) is 19.6 Å². The monoisotopic (exact) mass is 383 g/mol. The summed E-state index contributed by atoms with van der Waals surface area (Å²) in [5.41, 5.74) is 2.70. The van der Waals surface area contributed by atoms with Crippen LogP contribution in [0.5, 0.6) is 0 Å². The molecule has 3 heterocycles. The van der Waals surface area contributed by atoms with Crippen LogP contribution in [-0.2, 0) is 13.1 Å². The van der Waals surface area contributed by atoms with Gasteiger partial charge in [0, 0.05) is 22.6 Å². The molecule has 0 N–H and O–H groups in total. The first kappa shape index (κ1) is 14.9. The van der Waals surface area contributed by atoms with Crippen LogP contribution in [0.15, 0.2) is 70.3 Å². The Kier molecular flexibility index (Phi) is 4.00. The van der Waals surface area contributed by atoms with Gasteiger partial charge in [0.2, 0.25) is 0 Å². The van der Waals surface area contributed by atoms with E-state index in [-0.39, 0.29) is 0 Å². The summed E-state index contributed by atoms with van der Waals surface area (Å²) in [5.74, 6) is 0.892. The molecule has 0 bridgehead atoms. The van der Waals surface area contributed by atoms with Crippen LogP contribution in [0.4, 0.5) is 5.69 Å². The minimum Gasteiger partial charge on any atom is -0.467 e. The van der Waals surface area contributed by atoms with Crippen LogP contribution in [0.2, 0.25) is 0 Å². The Morgan fingerprint density at radius 2 is 2.12 bits per heavy atom. The number of benzene rings is 1. The van der Waals surface area contributed by atoms with Gasteiger partial charge >= 0.3 is 0 Å². The predicted octanol–water partition coefficient (Wildman–Crippen LogP) is 3.69. The number of nitrogens with zero attached hydrogens (tertiary/aromatic N) is 5. The lowest BCUT2D eigenvalue weighted by Crippen LogP contribution is -2.23. The van der Waals surface area contributed by atoms with Crippen LogP contribution in [0.25, 0.3) is 5.65 Å². The Morgan fingerprint density at radius 3 is 2.96 bits per heavy atom. The zero-order valence-corrected chi connectivity index (χ0v) is 14.3. The highest BCUT2D eigenvalue weighted by molar-refractivity contribution is 9.10. The molecule has 0 fully saturated rings. The number of fused-ring (bicyclic) bond motifs is 1. The number of halogens is 1.